The maximum atomic E-state index is 8.32. The predicted octanol–water partition coefficient (Wildman–Crippen LogP) is 0.749. The minimum Gasteiger partial charge on any atom is -0.290 e. The van der Waals surface area contributed by atoms with E-state index in [2.05, 4.69) is 5.92 Å². The molecule has 0 aliphatic carbocycles. The predicted molar refractivity (Wildman–Crippen MR) is 45.7 cm³/mol. The first-order valence-electron chi connectivity index (χ1n) is 3.75. The summed E-state index contributed by atoms with van der Waals surface area (Å²) in [6.07, 6.45) is 6.05. The zero-order chi connectivity index (χ0) is 9.23. The van der Waals surface area contributed by atoms with Gasteiger partial charge in [0.25, 0.3) is 0 Å². The highest BCUT2D eigenvalue weighted by Gasteiger charge is 2.00. The van der Waals surface area contributed by atoms with Gasteiger partial charge in [-0.2, -0.15) is 10.5 Å². The van der Waals surface area contributed by atoms with E-state index in [-0.39, 0.29) is 0 Å². The Hall–Kier alpha value is -1.50. The van der Waals surface area contributed by atoms with Gasteiger partial charge >= 0.3 is 0 Å². The van der Waals surface area contributed by atoms with Gasteiger partial charge in [-0.3, -0.25) is 4.90 Å². The van der Waals surface area contributed by atoms with Crippen LogP contribution in [0.15, 0.2) is 0 Å². The minimum absolute atomic E-state index is 0.465. The topological polar surface area (TPSA) is 50.8 Å². The van der Waals surface area contributed by atoms with Crippen molar-refractivity contribution >= 4 is 0 Å². The second-order valence-electron chi connectivity index (χ2n) is 2.30. The zero-order valence-corrected chi connectivity index (χ0v) is 6.95. The molecule has 3 heteroatoms. The smallest absolute Gasteiger partial charge is 0.0635 e. The van der Waals surface area contributed by atoms with E-state index in [0.29, 0.717) is 32.5 Å². The van der Waals surface area contributed by atoms with Crippen LogP contribution >= 0.6 is 0 Å². The standard InChI is InChI=1S/C9H11N3/c1-2-7-12(8-3-5-10)9-4-6-11/h1H,3-4,7-9H2. The van der Waals surface area contributed by atoms with E-state index in [1.165, 1.54) is 0 Å². The first-order chi connectivity index (χ1) is 5.85. The molecule has 0 aromatic carbocycles. The molecule has 0 rings (SSSR count). The molecule has 3 nitrogen and oxygen atoms in total. The molecule has 0 saturated heterocycles. The average molecular weight is 161 g/mol. The van der Waals surface area contributed by atoms with Gasteiger partial charge in [0, 0.05) is 25.9 Å². The molecule has 0 aliphatic heterocycles. The van der Waals surface area contributed by atoms with Crippen LogP contribution in [0.1, 0.15) is 12.8 Å². The maximum Gasteiger partial charge on any atom is 0.0635 e. The van der Waals surface area contributed by atoms with Crippen molar-refractivity contribution in [1.29, 1.82) is 10.5 Å². The fourth-order valence-electron chi connectivity index (χ4n) is 0.815. The minimum atomic E-state index is 0.465. The number of hydrogen-bond acceptors (Lipinski definition) is 3. The summed E-state index contributed by atoms with van der Waals surface area (Å²) in [6, 6.07) is 4.08. The molecule has 12 heavy (non-hydrogen) atoms. The van der Waals surface area contributed by atoms with Crippen molar-refractivity contribution < 1.29 is 0 Å². The van der Waals surface area contributed by atoms with E-state index in [0.717, 1.165) is 0 Å². The third-order valence-electron chi connectivity index (χ3n) is 1.39. The first-order valence-corrected chi connectivity index (χ1v) is 3.75. The molecule has 0 fully saturated rings. The van der Waals surface area contributed by atoms with Crippen LogP contribution in [0.4, 0.5) is 0 Å². The third kappa shape index (κ3) is 5.30. The molecule has 0 aromatic heterocycles. The number of nitrogens with zero attached hydrogens (tertiary/aromatic N) is 3. The Balaban J connectivity index is 3.66. The normalized spacial score (nSPS) is 8.50. The summed E-state index contributed by atoms with van der Waals surface area (Å²) in [5.41, 5.74) is 0. The van der Waals surface area contributed by atoms with Crippen molar-refractivity contribution in [2.45, 2.75) is 12.8 Å². The summed E-state index contributed by atoms with van der Waals surface area (Å²) < 4.78 is 0. The van der Waals surface area contributed by atoms with Crippen molar-refractivity contribution in [3.8, 4) is 24.5 Å². The molecule has 0 amide bonds. The van der Waals surface area contributed by atoms with E-state index in [4.69, 9.17) is 16.9 Å². The Bertz CT molecular complexity index is 208. The average Bonchev–Trinajstić information content (AvgIpc) is 2.10. The molecule has 0 aliphatic rings. The van der Waals surface area contributed by atoms with Crippen LogP contribution in [0.25, 0.3) is 0 Å². The summed E-state index contributed by atoms with van der Waals surface area (Å²) in [4.78, 5) is 1.92. The number of nitriles is 2. The molecule has 0 unspecified atom stereocenters. The second-order valence-corrected chi connectivity index (χ2v) is 2.30. The highest BCUT2D eigenvalue weighted by molar-refractivity contribution is 4.89. The molecule has 0 heterocycles. The Morgan fingerprint density at radius 1 is 1.08 bits per heavy atom. The van der Waals surface area contributed by atoms with Gasteiger partial charge in [-0.15, -0.1) is 6.42 Å². The fraction of sp³-hybridized carbons (Fsp3) is 0.556. The number of terminal acetylenes is 1. The van der Waals surface area contributed by atoms with Crippen LogP contribution in [0, 0.1) is 35.0 Å². The van der Waals surface area contributed by atoms with Crippen molar-refractivity contribution in [2.75, 3.05) is 19.6 Å². The van der Waals surface area contributed by atoms with Gasteiger partial charge in [-0.05, 0) is 0 Å². The zero-order valence-electron chi connectivity index (χ0n) is 6.95. The van der Waals surface area contributed by atoms with E-state index in [1.54, 1.807) is 0 Å². The van der Waals surface area contributed by atoms with Gasteiger partial charge in [0.05, 0.1) is 18.7 Å². The van der Waals surface area contributed by atoms with Crippen LogP contribution in [0.3, 0.4) is 0 Å². The molecule has 0 atom stereocenters. The highest BCUT2D eigenvalue weighted by atomic mass is 15.1. The number of rotatable bonds is 5. The van der Waals surface area contributed by atoms with Crippen molar-refractivity contribution in [1.82, 2.24) is 4.90 Å². The lowest BCUT2D eigenvalue weighted by Crippen LogP contribution is -2.26. The third-order valence-corrected chi connectivity index (χ3v) is 1.39. The van der Waals surface area contributed by atoms with E-state index in [9.17, 15) is 0 Å². The maximum absolute atomic E-state index is 8.32. The van der Waals surface area contributed by atoms with Crippen molar-refractivity contribution in [3.63, 3.8) is 0 Å². The highest BCUT2D eigenvalue weighted by Crippen LogP contribution is 1.91. The summed E-state index contributed by atoms with van der Waals surface area (Å²) in [5.74, 6) is 2.49. The van der Waals surface area contributed by atoms with Crippen LogP contribution < -0.4 is 0 Å². The summed E-state index contributed by atoms with van der Waals surface area (Å²) in [7, 11) is 0. The fourth-order valence-corrected chi connectivity index (χ4v) is 0.815. The summed E-state index contributed by atoms with van der Waals surface area (Å²) >= 11 is 0. The molecule has 0 spiro atoms. The molecule has 0 radical (unpaired) electrons. The second kappa shape index (κ2) is 7.61. The Kier molecular flexibility index (Phi) is 6.65. The van der Waals surface area contributed by atoms with Crippen molar-refractivity contribution in [2.24, 2.45) is 0 Å². The lowest BCUT2D eigenvalue weighted by Gasteiger charge is -2.15. The quantitative estimate of drug-likeness (QED) is 0.559. The lowest BCUT2D eigenvalue weighted by molar-refractivity contribution is 0.322. The van der Waals surface area contributed by atoms with Crippen LogP contribution in [0.2, 0.25) is 0 Å². The van der Waals surface area contributed by atoms with Crippen LogP contribution in [-0.2, 0) is 0 Å². The van der Waals surface area contributed by atoms with Crippen molar-refractivity contribution in [3.05, 3.63) is 0 Å². The molecule has 62 valence electrons. The summed E-state index contributed by atoms with van der Waals surface area (Å²) in [6.45, 7) is 1.83. The lowest BCUT2D eigenvalue weighted by atomic mass is 10.3. The van der Waals surface area contributed by atoms with E-state index >= 15 is 0 Å². The molecule has 0 N–H and O–H groups in total. The summed E-state index contributed by atoms with van der Waals surface area (Å²) in [5, 5.41) is 16.6. The molecule has 0 saturated carbocycles. The van der Waals surface area contributed by atoms with E-state index in [1.807, 2.05) is 17.0 Å². The first kappa shape index (κ1) is 10.5. The van der Waals surface area contributed by atoms with Gasteiger partial charge in [0.15, 0.2) is 0 Å². The monoisotopic (exact) mass is 161 g/mol. The van der Waals surface area contributed by atoms with Crippen LogP contribution in [-0.4, -0.2) is 24.5 Å². The number of hydrogen-bond donors (Lipinski definition) is 0. The van der Waals surface area contributed by atoms with Gasteiger partial charge in [0.1, 0.15) is 0 Å². The van der Waals surface area contributed by atoms with Gasteiger partial charge in [-0.1, -0.05) is 5.92 Å². The SMILES string of the molecule is C#CCN(CCC#N)CCC#N. The molecule has 0 bridgehead atoms. The van der Waals surface area contributed by atoms with Gasteiger partial charge in [0.2, 0.25) is 0 Å². The molecule has 0 aromatic rings. The largest absolute Gasteiger partial charge is 0.290 e. The van der Waals surface area contributed by atoms with Crippen LogP contribution in [0.5, 0.6) is 0 Å². The van der Waals surface area contributed by atoms with Gasteiger partial charge in [-0.25, -0.2) is 0 Å². The van der Waals surface area contributed by atoms with Gasteiger partial charge < -0.3 is 0 Å². The molecular weight excluding hydrogens is 150 g/mol. The van der Waals surface area contributed by atoms with E-state index < -0.39 is 0 Å². The Labute approximate surface area is 73.2 Å². The molecular formula is C9H11N3. The Morgan fingerprint density at radius 2 is 1.58 bits per heavy atom. The Morgan fingerprint density at radius 3 is 1.92 bits per heavy atom.